The molecule has 4 rings (SSSR count). The Bertz CT molecular complexity index is 1430. The molecule has 0 saturated heterocycles. The standard InChI is InChI=1S/C23H19ClF6N6O3/c1-33-19-16(17(32)22(26,27)23(28,29)30)39-18(25)15-13(8-34-36(15)19)11-3-4-14(24)12(7-11)20(37)35(10-38-2)21(9-31)5-6-21/h3-4,7-8,18H,5-6,10,32H2,1-2H3. The van der Waals surface area contributed by atoms with Crippen molar-refractivity contribution in [2.24, 2.45) is 10.7 Å². The molecule has 39 heavy (non-hydrogen) atoms. The largest absolute Gasteiger partial charge is 0.459 e. The highest BCUT2D eigenvalue weighted by Gasteiger charge is 2.61. The lowest BCUT2D eigenvalue weighted by atomic mass is 10.0. The first kappa shape index (κ1) is 28.2. The number of ether oxygens (including phenoxy) is 2. The number of fused-ring (bicyclic) bond motifs is 1. The first-order valence-corrected chi connectivity index (χ1v) is 11.4. The zero-order chi connectivity index (χ0) is 28.9. The summed E-state index contributed by atoms with van der Waals surface area (Å²) in [7, 11) is 2.38. The number of hydrogen-bond acceptors (Lipinski definition) is 7. The van der Waals surface area contributed by atoms with Gasteiger partial charge in [-0.3, -0.25) is 14.7 Å². The van der Waals surface area contributed by atoms with Crippen LogP contribution in [-0.2, 0) is 9.47 Å². The van der Waals surface area contributed by atoms with Gasteiger partial charge in [-0.25, -0.2) is 4.68 Å². The minimum atomic E-state index is -6.08. The summed E-state index contributed by atoms with van der Waals surface area (Å²) in [6.07, 6.45) is -6.74. The van der Waals surface area contributed by atoms with E-state index in [0.29, 0.717) is 17.5 Å². The third-order valence-electron chi connectivity index (χ3n) is 6.26. The Morgan fingerprint density at radius 1 is 1.38 bits per heavy atom. The van der Waals surface area contributed by atoms with Crippen LogP contribution in [-0.4, -0.2) is 64.9 Å². The molecule has 2 aliphatic rings. The minimum absolute atomic E-state index is 0.00530. The molecule has 0 radical (unpaired) electrons. The van der Waals surface area contributed by atoms with Crippen molar-refractivity contribution in [1.82, 2.24) is 14.7 Å². The van der Waals surface area contributed by atoms with Gasteiger partial charge >= 0.3 is 12.1 Å². The molecule has 16 heteroatoms. The number of benzene rings is 1. The number of nitrogens with zero attached hydrogens (tertiary/aromatic N) is 5. The number of carbonyl (C=O) groups is 1. The first-order valence-electron chi connectivity index (χ1n) is 11.1. The summed E-state index contributed by atoms with van der Waals surface area (Å²) in [5.74, 6) is -8.22. The fourth-order valence-corrected chi connectivity index (χ4v) is 4.22. The number of halogens is 7. The summed E-state index contributed by atoms with van der Waals surface area (Å²) in [5, 5.41) is 13.5. The van der Waals surface area contributed by atoms with E-state index in [2.05, 4.69) is 16.2 Å². The van der Waals surface area contributed by atoms with E-state index in [9.17, 15) is 32.0 Å². The van der Waals surface area contributed by atoms with Crippen molar-refractivity contribution in [3.63, 3.8) is 0 Å². The molecule has 1 amide bonds. The van der Waals surface area contributed by atoms with E-state index in [4.69, 9.17) is 26.8 Å². The van der Waals surface area contributed by atoms with Crippen LogP contribution in [0, 0.1) is 11.3 Å². The summed E-state index contributed by atoms with van der Waals surface area (Å²) in [5.41, 5.74) is 1.64. The van der Waals surface area contributed by atoms with Crippen molar-refractivity contribution in [1.29, 1.82) is 5.26 Å². The number of aliphatic imine (C=N–C) groups is 1. The molecule has 2 N–H and O–H groups in total. The number of amides is 1. The predicted octanol–water partition coefficient (Wildman–Crippen LogP) is 4.55. The van der Waals surface area contributed by atoms with Gasteiger partial charge in [0.2, 0.25) is 0 Å². The van der Waals surface area contributed by atoms with E-state index in [1.807, 2.05) is 0 Å². The van der Waals surface area contributed by atoms with Gasteiger partial charge in [-0.1, -0.05) is 17.7 Å². The molecule has 1 aromatic carbocycles. The third kappa shape index (κ3) is 4.57. The average Bonchev–Trinajstić information content (AvgIpc) is 3.55. The summed E-state index contributed by atoms with van der Waals surface area (Å²) >= 11 is 6.27. The van der Waals surface area contributed by atoms with E-state index in [1.54, 1.807) is 0 Å². The summed E-state index contributed by atoms with van der Waals surface area (Å²) < 4.78 is 92.3. The fraction of sp³-hybridized carbons (Fsp3) is 0.391. The molecule has 1 aliphatic carbocycles. The van der Waals surface area contributed by atoms with Gasteiger partial charge in [0.15, 0.2) is 11.6 Å². The van der Waals surface area contributed by atoms with Gasteiger partial charge in [0.05, 0.1) is 22.9 Å². The van der Waals surface area contributed by atoms with E-state index in [-0.39, 0.29) is 28.4 Å². The number of nitrogens with two attached hydrogens (primary N) is 1. The maximum Gasteiger partial charge on any atom is 0.459 e. The van der Waals surface area contributed by atoms with Crippen molar-refractivity contribution < 1.29 is 40.6 Å². The first-order chi connectivity index (χ1) is 18.2. The van der Waals surface area contributed by atoms with Gasteiger partial charge in [-0.2, -0.15) is 36.7 Å². The Balaban J connectivity index is 1.79. The maximum atomic E-state index is 15.2. The molecule has 2 aromatic rings. The lowest BCUT2D eigenvalue weighted by molar-refractivity contribution is -0.265. The van der Waals surface area contributed by atoms with E-state index < -0.39 is 52.9 Å². The van der Waals surface area contributed by atoms with Crippen LogP contribution in [0.4, 0.5) is 26.3 Å². The Morgan fingerprint density at radius 3 is 2.59 bits per heavy atom. The van der Waals surface area contributed by atoms with E-state index in [1.165, 1.54) is 30.2 Å². The summed E-state index contributed by atoms with van der Waals surface area (Å²) in [4.78, 5) is 18.2. The molecule has 0 bridgehead atoms. The molecule has 9 nitrogen and oxygen atoms in total. The number of alkyl halides is 6. The van der Waals surface area contributed by atoms with Crippen molar-refractivity contribution in [3.05, 3.63) is 52.1 Å². The van der Waals surface area contributed by atoms with Crippen LogP contribution in [0.2, 0.25) is 5.02 Å². The van der Waals surface area contributed by atoms with Crippen LogP contribution in [0.3, 0.4) is 0 Å². The fourth-order valence-electron chi connectivity index (χ4n) is 4.02. The highest BCUT2D eigenvalue weighted by Crippen LogP contribution is 2.45. The van der Waals surface area contributed by atoms with Crippen molar-refractivity contribution in [2.45, 2.75) is 36.8 Å². The van der Waals surface area contributed by atoms with E-state index >= 15 is 4.39 Å². The zero-order valence-corrected chi connectivity index (χ0v) is 20.9. The van der Waals surface area contributed by atoms with Crippen LogP contribution in [0.5, 0.6) is 0 Å². The van der Waals surface area contributed by atoms with Crippen molar-refractivity contribution >= 4 is 23.3 Å². The molecule has 1 fully saturated rings. The molecule has 1 aliphatic heterocycles. The average molecular weight is 577 g/mol. The van der Waals surface area contributed by atoms with Crippen LogP contribution in [0.25, 0.3) is 11.1 Å². The number of hydrogen-bond donors (Lipinski definition) is 1. The molecular weight excluding hydrogens is 558 g/mol. The normalized spacial score (nSPS) is 20.6. The Labute approximate surface area is 222 Å². The Kier molecular flexibility index (Phi) is 7.07. The molecule has 1 atom stereocenters. The molecule has 1 unspecified atom stereocenters. The number of nitriles is 1. The maximum absolute atomic E-state index is 15.2. The minimum Gasteiger partial charge on any atom is -0.448 e. The smallest absolute Gasteiger partial charge is 0.448 e. The van der Waals surface area contributed by atoms with Gasteiger partial charge < -0.3 is 15.2 Å². The highest BCUT2D eigenvalue weighted by atomic mass is 35.5. The Hall–Kier alpha value is -3.77. The second-order valence-electron chi connectivity index (χ2n) is 8.64. The number of methoxy groups -OCH3 is 1. The highest BCUT2D eigenvalue weighted by molar-refractivity contribution is 6.34. The van der Waals surface area contributed by atoms with Crippen LogP contribution in [0.1, 0.15) is 35.3 Å². The molecular formula is C23H19ClF6N6O3. The molecule has 208 valence electrons. The number of aromatic nitrogens is 2. The van der Waals surface area contributed by atoms with Crippen LogP contribution < -0.4 is 5.73 Å². The number of allylic oxidation sites excluding steroid dienone is 2. The monoisotopic (exact) mass is 576 g/mol. The predicted molar refractivity (Wildman–Crippen MR) is 124 cm³/mol. The van der Waals surface area contributed by atoms with Gasteiger partial charge in [0.1, 0.15) is 23.7 Å². The van der Waals surface area contributed by atoms with Gasteiger partial charge in [-0.05, 0) is 30.5 Å². The van der Waals surface area contributed by atoms with Gasteiger partial charge in [0.25, 0.3) is 12.3 Å². The number of rotatable bonds is 6. The van der Waals surface area contributed by atoms with Crippen molar-refractivity contribution in [3.8, 4) is 17.2 Å². The van der Waals surface area contributed by atoms with Crippen molar-refractivity contribution in [2.75, 3.05) is 20.9 Å². The van der Waals surface area contributed by atoms with E-state index in [0.717, 1.165) is 13.2 Å². The molecule has 2 heterocycles. The zero-order valence-electron chi connectivity index (χ0n) is 20.2. The topological polar surface area (TPSA) is 119 Å². The van der Waals surface area contributed by atoms with Gasteiger partial charge in [-0.15, -0.1) is 0 Å². The van der Waals surface area contributed by atoms with Crippen LogP contribution >= 0.6 is 11.6 Å². The SMILES string of the molecule is CN=C1C(=C(N)C(F)(F)C(F)(F)F)OC(F)c2c(-c3ccc(Cl)c(C(=O)N(COC)C4(C#N)CC4)c3)cnn21. The quantitative estimate of drug-likeness (QED) is 0.398. The lowest BCUT2D eigenvalue weighted by Gasteiger charge is -2.28. The molecule has 0 spiro atoms. The number of carbonyl (C=O) groups excluding carboxylic acids is 1. The Morgan fingerprint density at radius 2 is 2.05 bits per heavy atom. The summed E-state index contributed by atoms with van der Waals surface area (Å²) in [6, 6.07) is 6.13. The summed E-state index contributed by atoms with van der Waals surface area (Å²) in [6.45, 7) is -0.202. The second kappa shape index (κ2) is 9.76. The molecule has 1 aromatic heterocycles. The third-order valence-corrected chi connectivity index (χ3v) is 6.59. The lowest BCUT2D eigenvalue weighted by Crippen LogP contribution is -2.44. The molecule has 1 saturated carbocycles. The van der Waals surface area contributed by atoms with Gasteiger partial charge in [0, 0.05) is 19.7 Å². The van der Waals surface area contributed by atoms with Crippen LogP contribution in [0.15, 0.2) is 40.8 Å². The second-order valence-corrected chi connectivity index (χ2v) is 9.05.